The predicted molar refractivity (Wildman–Crippen MR) is 31.7 cm³/mol. The van der Waals surface area contributed by atoms with E-state index in [1.165, 1.54) is 0 Å². The van der Waals surface area contributed by atoms with Crippen LogP contribution in [0.5, 0.6) is 0 Å². The summed E-state index contributed by atoms with van der Waals surface area (Å²) in [5.74, 6) is -1.59. The summed E-state index contributed by atoms with van der Waals surface area (Å²) in [6.45, 7) is -1.20. The molecule has 0 aromatic heterocycles. The van der Waals surface area contributed by atoms with E-state index < -0.39 is 24.3 Å². The lowest BCUT2D eigenvalue weighted by molar-refractivity contribution is -0.178. The molecule has 64 valence electrons. The fourth-order valence-electron chi connectivity index (χ4n) is 0.391. The molecule has 0 amide bonds. The minimum Gasteiger partial charge on any atom is -0.479 e. The molecule has 0 unspecified atom stereocenters. The number of aldehydes is 1. The molecule has 0 aromatic carbocycles. The molecule has 0 radical (unpaired) electrons. The average molecular weight is 165 g/mol. The second kappa shape index (κ2) is 3.42. The van der Waals surface area contributed by atoms with Crippen LogP contribution in [0.4, 0.5) is 0 Å². The van der Waals surface area contributed by atoms with E-state index in [2.05, 4.69) is 5.11 Å². The number of aliphatic carboxylic acids is 1. The van der Waals surface area contributed by atoms with Crippen molar-refractivity contribution in [2.75, 3.05) is 6.61 Å². The molecular weight excluding hydrogens is 156 g/mol. The van der Waals surface area contributed by atoms with E-state index in [-0.39, 0.29) is 6.29 Å². The van der Waals surface area contributed by atoms with Crippen LogP contribution in [0.25, 0.3) is 1.43 Å². The molecule has 4 N–H and O–H groups in total. The highest BCUT2D eigenvalue weighted by Gasteiger charge is 2.43. The van der Waals surface area contributed by atoms with Gasteiger partial charge >= 0.3 is 5.97 Å². The summed E-state index contributed by atoms with van der Waals surface area (Å²) >= 11 is 0. The summed E-state index contributed by atoms with van der Waals surface area (Å²) in [4.78, 5) is 20.5. The molecule has 0 bridgehead atoms. The van der Waals surface area contributed by atoms with Crippen LogP contribution in [0.3, 0.4) is 0 Å². The van der Waals surface area contributed by atoms with Crippen molar-refractivity contribution in [3.63, 3.8) is 0 Å². The van der Waals surface area contributed by atoms with E-state index in [0.29, 0.717) is 0 Å². The lowest BCUT2D eigenvalue weighted by Crippen LogP contribution is -2.53. The second-order valence-electron chi connectivity index (χ2n) is 1.95. The zero-order chi connectivity index (χ0) is 9.78. The summed E-state index contributed by atoms with van der Waals surface area (Å²) in [5, 5.41) is 29.5. The number of hydrogen-bond acceptors (Lipinski definition) is 6. The summed E-state index contributed by atoms with van der Waals surface area (Å²) in [5.41, 5.74) is -2.75. The fourth-order valence-corrected chi connectivity index (χ4v) is 0.391. The minimum absolute atomic E-state index is 0.146. The molecule has 0 fully saturated rings. The van der Waals surface area contributed by atoms with Gasteiger partial charge in [-0.2, -0.15) is 0 Å². The van der Waals surface area contributed by atoms with Gasteiger partial charge in [0.1, 0.15) is 0 Å². The summed E-state index contributed by atoms with van der Waals surface area (Å²) in [6.07, 6.45) is -2.26. The summed E-state index contributed by atoms with van der Waals surface area (Å²) in [7, 11) is 0. The third-order valence-electron chi connectivity index (χ3n) is 1.21. The van der Waals surface area contributed by atoms with Crippen LogP contribution >= 0.6 is 0 Å². The third kappa shape index (κ3) is 1.73. The van der Waals surface area contributed by atoms with Crippen molar-refractivity contribution >= 4 is 12.3 Å². The maximum absolute atomic E-state index is 10.5. The first-order chi connectivity index (χ1) is 5.52. The molecule has 6 nitrogen and oxygen atoms in total. The molecule has 2 atom stereocenters. The monoisotopic (exact) mass is 165 g/mol. The maximum Gasteiger partial charge on any atom is 0.341 e. The van der Waals surface area contributed by atoms with Gasteiger partial charge in [0, 0.05) is 0 Å². The van der Waals surface area contributed by atoms with Crippen molar-refractivity contribution in [1.29, 1.82) is 1.43 Å². The minimum atomic E-state index is -2.75. The normalized spacial score (nSPS) is 19.4. The molecule has 0 saturated heterocycles. The van der Waals surface area contributed by atoms with E-state index >= 15 is 0 Å². The van der Waals surface area contributed by atoms with Crippen molar-refractivity contribution in [3.05, 3.63) is 0 Å². The molecule has 0 aliphatic heterocycles. The quantitative estimate of drug-likeness (QED) is 0.338. The largest absolute Gasteiger partial charge is 0.479 e. The van der Waals surface area contributed by atoms with Gasteiger partial charge < -0.3 is 25.2 Å². The topological polar surface area (TPSA) is 115 Å². The number of aliphatic hydroxyl groups is 3. The highest BCUT2D eigenvalue weighted by Crippen LogP contribution is 2.08. The van der Waals surface area contributed by atoms with Gasteiger partial charge in [0.2, 0.25) is 5.60 Å². The Balaban J connectivity index is 4.65. The van der Waals surface area contributed by atoms with E-state index in [0.717, 1.165) is 0 Å². The zero-order valence-corrected chi connectivity index (χ0v) is 5.43. The number of carboxylic acid groups (broad SMARTS) is 1. The standard InChI is InChI=1S/C5H8O6/c6-1-3(8)5(11,2-7)4(9)10/h1,3,7-8,11H,2H2,(H,9,10)/t3-,5+/m0/s1/i/hD. The predicted octanol–water partition coefficient (Wildman–Crippen LogP) is -2.65. The summed E-state index contributed by atoms with van der Waals surface area (Å²) in [6, 6.07) is 0. The number of aliphatic hydroxyl groups excluding tert-OH is 2. The van der Waals surface area contributed by atoms with Crippen molar-refractivity contribution < 1.29 is 30.0 Å². The molecule has 0 rings (SSSR count). The molecule has 0 aromatic rings. The molecule has 0 aliphatic carbocycles. The second-order valence-corrected chi connectivity index (χ2v) is 1.95. The van der Waals surface area contributed by atoms with Gasteiger partial charge in [-0.05, 0) is 0 Å². The maximum atomic E-state index is 10.5. The molecule has 11 heavy (non-hydrogen) atoms. The third-order valence-corrected chi connectivity index (χ3v) is 1.21. The Morgan fingerprint density at radius 3 is 2.64 bits per heavy atom. The van der Waals surface area contributed by atoms with E-state index in [1.54, 1.807) is 0 Å². The average Bonchev–Trinajstić information content (AvgIpc) is 2.13. The highest BCUT2D eigenvalue weighted by molar-refractivity contribution is 5.83. The first-order valence-electron chi connectivity index (χ1n) is 3.08. The highest BCUT2D eigenvalue weighted by atomic mass is 16.4. The molecule has 0 aliphatic rings. The Labute approximate surface area is 63.2 Å². The number of carbonyl (C=O) groups is 2. The van der Waals surface area contributed by atoms with Gasteiger partial charge in [0.15, 0.2) is 12.4 Å². The van der Waals surface area contributed by atoms with Crippen LogP contribution in [0.2, 0.25) is 0 Å². The molecule has 6 heteroatoms. The van der Waals surface area contributed by atoms with Crippen LogP contribution in [0.1, 0.15) is 0 Å². The van der Waals surface area contributed by atoms with E-state index in [4.69, 9.17) is 16.8 Å². The number of rotatable bonds is 4. The Morgan fingerprint density at radius 1 is 1.82 bits per heavy atom. The van der Waals surface area contributed by atoms with Gasteiger partial charge in [0.25, 0.3) is 1.43 Å². The van der Waals surface area contributed by atoms with Crippen LogP contribution in [0, 0.1) is 0 Å². The van der Waals surface area contributed by atoms with Crippen molar-refractivity contribution in [3.8, 4) is 0 Å². The Morgan fingerprint density at radius 2 is 2.36 bits per heavy atom. The number of carboxylic acids is 1. The molecular formula is C5H8O6. The summed E-state index contributed by atoms with van der Waals surface area (Å²) < 4.78 is 6.09. The lowest BCUT2D eigenvalue weighted by atomic mass is 9.99. The smallest absolute Gasteiger partial charge is 0.341 e. The molecule has 0 heterocycles. The van der Waals surface area contributed by atoms with Gasteiger partial charge in [0.05, 0.1) is 6.61 Å². The SMILES string of the molecule is [2H]OC(=O)[C@@](O)(CO)[C@@H](O)C=O. The van der Waals surface area contributed by atoms with Crippen LogP contribution < -0.4 is 0 Å². The molecule has 0 saturated carbocycles. The Bertz CT molecular complexity index is 183. The van der Waals surface area contributed by atoms with Crippen LogP contribution in [0.15, 0.2) is 0 Å². The zero-order valence-electron chi connectivity index (χ0n) is 6.43. The van der Waals surface area contributed by atoms with Crippen molar-refractivity contribution in [1.82, 2.24) is 0 Å². The van der Waals surface area contributed by atoms with E-state index in [1.807, 2.05) is 0 Å². The van der Waals surface area contributed by atoms with E-state index in [9.17, 15) is 9.59 Å². The molecule has 0 spiro atoms. The number of carbonyl (C=O) groups excluding carboxylic acids is 1. The van der Waals surface area contributed by atoms with Gasteiger partial charge in [-0.1, -0.05) is 0 Å². The first kappa shape index (κ1) is 8.12. The van der Waals surface area contributed by atoms with Crippen LogP contribution in [-0.2, 0) is 9.59 Å². The Kier molecular flexibility index (Phi) is 2.53. The van der Waals surface area contributed by atoms with Gasteiger partial charge in [-0.3, -0.25) is 0 Å². The van der Waals surface area contributed by atoms with Gasteiger partial charge in [-0.25, -0.2) is 4.79 Å². The fraction of sp³-hybridized carbons (Fsp3) is 0.600. The first-order valence-corrected chi connectivity index (χ1v) is 2.67. The Hall–Kier alpha value is -0.980. The van der Waals surface area contributed by atoms with Crippen molar-refractivity contribution in [2.45, 2.75) is 11.7 Å². The van der Waals surface area contributed by atoms with Gasteiger partial charge in [-0.15, -0.1) is 0 Å². The lowest BCUT2D eigenvalue weighted by Gasteiger charge is -2.22. The van der Waals surface area contributed by atoms with Crippen LogP contribution in [-0.4, -0.2) is 51.0 Å². The number of hydrogen-bond donors (Lipinski definition) is 4. The van der Waals surface area contributed by atoms with Crippen molar-refractivity contribution in [2.24, 2.45) is 0 Å².